The molecule has 2 aromatic rings. The number of nitrogens with one attached hydrogen (secondary N) is 1. The third-order valence-corrected chi connectivity index (χ3v) is 6.44. The van der Waals surface area contributed by atoms with Crippen LogP contribution in [-0.4, -0.2) is 42.0 Å². The number of nitrogens with zero attached hydrogens (tertiary/aromatic N) is 2. The van der Waals surface area contributed by atoms with E-state index in [0.717, 1.165) is 92.3 Å². The van der Waals surface area contributed by atoms with Gasteiger partial charge in [-0.05, 0) is 68.7 Å². The number of carbonyl (C=O) groups excluding carboxylic acids is 1. The Hall–Kier alpha value is -1.36. The number of aryl methyl sites for hydroxylation is 1. The topological polar surface area (TPSA) is 45.2 Å². The van der Waals surface area contributed by atoms with Crippen LogP contribution in [0.25, 0.3) is 10.9 Å². The van der Waals surface area contributed by atoms with E-state index in [9.17, 15) is 4.79 Å². The predicted molar refractivity (Wildman–Crippen MR) is 113 cm³/mol. The molecule has 1 aliphatic carbocycles. The number of hydrogen-bond donors (Lipinski definition) is 1. The summed E-state index contributed by atoms with van der Waals surface area (Å²) in [5.41, 5.74) is 4.29. The van der Waals surface area contributed by atoms with Gasteiger partial charge >= 0.3 is 0 Å². The van der Waals surface area contributed by atoms with Gasteiger partial charge in [-0.25, -0.2) is 0 Å². The van der Waals surface area contributed by atoms with Crippen LogP contribution in [-0.2, 0) is 12.8 Å². The molecule has 4 nitrogen and oxygen atoms in total. The lowest BCUT2D eigenvalue weighted by Crippen LogP contribution is -2.33. The van der Waals surface area contributed by atoms with E-state index in [4.69, 9.17) is 4.98 Å². The number of amides is 1. The first kappa shape index (κ1) is 20.4. The largest absolute Gasteiger partial charge is 0.339 e. The van der Waals surface area contributed by atoms with E-state index in [-0.39, 0.29) is 30.7 Å². The summed E-state index contributed by atoms with van der Waals surface area (Å²) in [6, 6.07) is 8.17. The van der Waals surface area contributed by atoms with Crippen LogP contribution in [0.1, 0.15) is 40.9 Å². The van der Waals surface area contributed by atoms with Crippen molar-refractivity contribution in [3.05, 3.63) is 41.1 Å². The first-order valence-corrected chi connectivity index (χ1v) is 9.72. The Kier molecular flexibility index (Phi) is 6.29. The number of aromatic nitrogens is 1. The quantitative estimate of drug-likeness (QED) is 0.784. The second-order valence-electron chi connectivity index (χ2n) is 7.83. The van der Waals surface area contributed by atoms with E-state index in [2.05, 4.69) is 16.3 Å². The van der Waals surface area contributed by atoms with E-state index < -0.39 is 0 Å². The van der Waals surface area contributed by atoms with Crippen molar-refractivity contribution in [1.29, 1.82) is 0 Å². The molecule has 0 saturated carbocycles. The summed E-state index contributed by atoms with van der Waals surface area (Å²) in [4.78, 5) is 20.5. The highest BCUT2D eigenvalue weighted by atomic mass is 35.5. The molecular weight excluding hydrogens is 381 g/mol. The van der Waals surface area contributed by atoms with Crippen molar-refractivity contribution in [2.24, 2.45) is 11.8 Å². The van der Waals surface area contributed by atoms with E-state index in [1.54, 1.807) is 0 Å². The van der Waals surface area contributed by atoms with Crippen molar-refractivity contribution in [1.82, 2.24) is 15.2 Å². The number of likely N-dealkylation sites (tertiary alicyclic amines) is 1. The SMILES string of the molecule is Cl.Cl.O=C(c1c2c(nc3ccccc13)CCC2)N1CC[C@@H]2CNC[C@@H]2CC1. The van der Waals surface area contributed by atoms with E-state index in [0.29, 0.717) is 0 Å². The van der Waals surface area contributed by atoms with Crippen LogP contribution in [0.4, 0.5) is 0 Å². The molecule has 27 heavy (non-hydrogen) atoms. The van der Waals surface area contributed by atoms with Crippen molar-refractivity contribution >= 4 is 41.6 Å². The van der Waals surface area contributed by atoms with E-state index >= 15 is 0 Å². The van der Waals surface area contributed by atoms with Crippen molar-refractivity contribution < 1.29 is 4.79 Å². The molecule has 146 valence electrons. The second kappa shape index (κ2) is 8.34. The first-order chi connectivity index (χ1) is 12.3. The number of fused-ring (bicyclic) bond motifs is 3. The normalized spacial score (nSPS) is 23.8. The molecule has 1 aromatic carbocycles. The zero-order valence-corrected chi connectivity index (χ0v) is 17.1. The van der Waals surface area contributed by atoms with E-state index in [1.807, 2.05) is 18.2 Å². The summed E-state index contributed by atoms with van der Waals surface area (Å²) in [5.74, 6) is 1.74. The summed E-state index contributed by atoms with van der Waals surface area (Å²) in [5, 5.41) is 4.56. The van der Waals surface area contributed by atoms with Gasteiger partial charge in [-0.15, -0.1) is 24.8 Å². The van der Waals surface area contributed by atoms with Crippen LogP contribution in [0.3, 0.4) is 0 Å². The maximum atomic E-state index is 13.5. The molecule has 0 spiro atoms. The summed E-state index contributed by atoms with van der Waals surface area (Å²) in [6.07, 6.45) is 5.39. The number of hydrogen-bond acceptors (Lipinski definition) is 3. The summed E-state index contributed by atoms with van der Waals surface area (Å²) >= 11 is 0. The van der Waals surface area contributed by atoms with Crippen molar-refractivity contribution in [2.45, 2.75) is 32.1 Å². The lowest BCUT2D eigenvalue weighted by molar-refractivity contribution is 0.0759. The van der Waals surface area contributed by atoms with Crippen LogP contribution < -0.4 is 5.32 Å². The third-order valence-electron chi connectivity index (χ3n) is 6.44. The molecule has 5 rings (SSSR count). The Morgan fingerprint density at radius 2 is 1.74 bits per heavy atom. The molecule has 0 unspecified atom stereocenters. The minimum absolute atomic E-state index is 0. The number of halogens is 2. The van der Waals surface area contributed by atoms with Crippen LogP contribution in [0.2, 0.25) is 0 Å². The summed E-state index contributed by atoms with van der Waals surface area (Å²) in [6.45, 7) is 4.04. The minimum Gasteiger partial charge on any atom is -0.339 e. The van der Waals surface area contributed by atoms with Gasteiger partial charge in [0.2, 0.25) is 0 Å². The number of para-hydroxylation sites is 1. The molecule has 3 heterocycles. The van der Waals surface area contributed by atoms with Crippen LogP contribution in [0, 0.1) is 11.8 Å². The van der Waals surface area contributed by atoms with Crippen LogP contribution in [0.15, 0.2) is 24.3 Å². The lowest BCUT2D eigenvalue weighted by atomic mass is 9.92. The smallest absolute Gasteiger partial charge is 0.254 e. The molecule has 1 amide bonds. The Morgan fingerprint density at radius 1 is 1.04 bits per heavy atom. The number of carbonyl (C=O) groups is 1. The highest BCUT2D eigenvalue weighted by molar-refractivity contribution is 6.07. The van der Waals surface area contributed by atoms with Crippen LogP contribution >= 0.6 is 24.8 Å². The molecule has 1 N–H and O–H groups in total. The van der Waals surface area contributed by atoms with Gasteiger partial charge in [0.25, 0.3) is 5.91 Å². The molecule has 0 bridgehead atoms. The van der Waals surface area contributed by atoms with Crippen LogP contribution in [0.5, 0.6) is 0 Å². The average molecular weight is 408 g/mol. The molecule has 6 heteroatoms. The second-order valence-corrected chi connectivity index (χ2v) is 7.83. The van der Waals surface area contributed by atoms with Crippen molar-refractivity contribution in [2.75, 3.05) is 26.2 Å². The molecule has 0 radical (unpaired) electrons. The summed E-state index contributed by atoms with van der Waals surface area (Å²) in [7, 11) is 0. The zero-order valence-electron chi connectivity index (χ0n) is 15.4. The fourth-order valence-electron chi connectivity index (χ4n) is 5.03. The molecule has 2 saturated heterocycles. The minimum atomic E-state index is 0. The number of rotatable bonds is 1. The third kappa shape index (κ3) is 3.55. The lowest BCUT2D eigenvalue weighted by Gasteiger charge is -2.23. The van der Waals surface area contributed by atoms with Gasteiger partial charge < -0.3 is 10.2 Å². The average Bonchev–Trinajstić information content (AvgIpc) is 3.24. The van der Waals surface area contributed by atoms with Gasteiger partial charge in [0.05, 0.1) is 11.1 Å². The fraction of sp³-hybridized carbons (Fsp3) is 0.524. The van der Waals surface area contributed by atoms with Gasteiger partial charge in [0, 0.05) is 24.2 Å². The fourth-order valence-corrected chi connectivity index (χ4v) is 5.03. The Labute approximate surface area is 172 Å². The summed E-state index contributed by atoms with van der Waals surface area (Å²) < 4.78 is 0. The first-order valence-electron chi connectivity index (χ1n) is 9.72. The maximum absolute atomic E-state index is 13.5. The monoisotopic (exact) mass is 407 g/mol. The van der Waals surface area contributed by atoms with Gasteiger partial charge in [0.15, 0.2) is 0 Å². The number of pyridine rings is 1. The maximum Gasteiger partial charge on any atom is 0.254 e. The molecule has 2 fully saturated rings. The molecular formula is C21H27Cl2N3O. The van der Waals surface area contributed by atoms with Gasteiger partial charge in [-0.1, -0.05) is 18.2 Å². The van der Waals surface area contributed by atoms with E-state index in [1.165, 1.54) is 5.56 Å². The van der Waals surface area contributed by atoms with Crippen molar-refractivity contribution in [3.8, 4) is 0 Å². The Bertz CT molecular complexity index is 828. The van der Waals surface area contributed by atoms with Gasteiger partial charge in [0.1, 0.15) is 0 Å². The Morgan fingerprint density at radius 3 is 2.48 bits per heavy atom. The molecule has 1 aromatic heterocycles. The standard InChI is InChI=1S/C21H25N3O.2ClH/c25-21(24-10-8-14-12-22-13-15(14)9-11-24)20-16-4-1-2-6-18(16)23-19-7-3-5-17(19)20;;/h1-2,4,6,14-15,22H,3,5,7-13H2;2*1H/t14-,15+;;. The predicted octanol–water partition coefficient (Wildman–Crippen LogP) is 3.64. The highest BCUT2D eigenvalue weighted by Gasteiger charge is 2.33. The molecule has 3 aliphatic rings. The van der Waals surface area contributed by atoms with Gasteiger partial charge in [-0.2, -0.15) is 0 Å². The number of benzene rings is 1. The molecule has 2 atom stereocenters. The van der Waals surface area contributed by atoms with Gasteiger partial charge in [-0.3, -0.25) is 9.78 Å². The highest BCUT2D eigenvalue weighted by Crippen LogP contribution is 2.33. The molecule has 2 aliphatic heterocycles. The van der Waals surface area contributed by atoms with Crippen molar-refractivity contribution in [3.63, 3.8) is 0 Å². The zero-order chi connectivity index (χ0) is 16.8. The Balaban J connectivity index is 0.00000105.